The van der Waals surface area contributed by atoms with Gasteiger partial charge in [0, 0.05) is 18.6 Å². The minimum Gasteiger partial charge on any atom is -0.298 e. The fourth-order valence-corrected chi connectivity index (χ4v) is 2.77. The summed E-state index contributed by atoms with van der Waals surface area (Å²) in [5.74, 6) is -0.0786. The van der Waals surface area contributed by atoms with E-state index >= 15 is 0 Å². The molecule has 1 aliphatic rings. The summed E-state index contributed by atoms with van der Waals surface area (Å²) in [6.07, 6.45) is 1.61. The van der Waals surface area contributed by atoms with Crippen molar-refractivity contribution < 1.29 is 21.6 Å². The summed E-state index contributed by atoms with van der Waals surface area (Å²) >= 11 is 0. The monoisotopic (exact) mass is 302 g/mol. The van der Waals surface area contributed by atoms with E-state index in [0.717, 1.165) is 19.4 Å². The molecule has 0 radical (unpaired) electrons. The van der Waals surface area contributed by atoms with Crippen LogP contribution in [0.4, 0.5) is 13.2 Å². The van der Waals surface area contributed by atoms with Gasteiger partial charge in [-0.1, -0.05) is 0 Å². The predicted molar refractivity (Wildman–Crippen MR) is 67.0 cm³/mol. The van der Waals surface area contributed by atoms with E-state index in [9.17, 15) is 21.6 Å². The molecule has 0 amide bonds. The van der Waals surface area contributed by atoms with Crippen LogP contribution in [0.5, 0.6) is 0 Å². The molecular formula is C11H21F3N2O2S. The molecule has 0 aliphatic carbocycles. The molecule has 1 saturated heterocycles. The second kappa shape index (κ2) is 5.57. The maximum atomic E-state index is 12.2. The normalized spacial score (nSPS) is 23.6. The van der Waals surface area contributed by atoms with Gasteiger partial charge >= 0.3 is 15.5 Å². The first-order valence-electron chi connectivity index (χ1n) is 6.24. The van der Waals surface area contributed by atoms with E-state index in [4.69, 9.17) is 0 Å². The topological polar surface area (TPSA) is 49.4 Å². The van der Waals surface area contributed by atoms with Crippen LogP contribution in [-0.2, 0) is 10.0 Å². The van der Waals surface area contributed by atoms with Crippen molar-refractivity contribution in [2.75, 3.05) is 19.6 Å². The van der Waals surface area contributed by atoms with Crippen LogP contribution in [0.2, 0.25) is 0 Å². The summed E-state index contributed by atoms with van der Waals surface area (Å²) in [4.78, 5) is 2.17. The first kappa shape index (κ1) is 16.7. The van der Waals surface area contributed by atoms with Crippen molar-refractivity contribution in [2.24, 2.45) is 5.92 Å². The Bertz CT molecular complexity index is 401. The highest BCUT2D eigenvalue weighted by molar-refractivity contribution is 7.90. The number of hydrogen-bond donors (Lipinski definition) is 1. The Morgan fingerprint density at radius 1 is 1.26 bits per heavy atom. The Morgan fingerprint density at radius 2 is 1.84 bits per heavy atom. The fourth-order valence-electron chi connectivity index (χ4n) is 2.15. The number of nitrogens with one attached hydrogen (secondary N) is 1. The number of rotatable bonds is 3. The zero-order chi connectivity index (χ0) is 14.9. The summed E-state index contributed by atoms with van der Waals surface area (Å²) in [6.45, 7) is 7.46. The summed E-state index contributed by atoms with van der Waals surface area (Å²) < 4.78 is 60.1. The molecule has 1 aliphatic heterocycles. The van der Waals surface area contributed by atoms with Crippen LogP contribution in [0.1, 0.15) is 33.6 Å². The van der Waals surface area contributed by atoms with Crippen LogP contribution in [0, 0.1) is 5.92 Å². The van der Waals surface area contributed by atoms with E-state index in [0.29, 0.717) is 6.54 Å². The second-order valence-electron chi connectivity index (χ2n) is 5.92. The van der Waals surface area contributed by atoms with Gasteiger partial charge in [-0.2, -0.15) is 13.2 Å². The molecule has 1 unspecified atom stereocenters. The maximum absolute atomic E-state index is 12.2. The van der Waals surface area contributed by atoms with Crippen LogP contribution in [0.25, 0.3) is 0 Å². The van der Waals surface area contributed by atoms with Crippen LogP contribution >= 0.6 is 0 Å². The van der Waals surface area contributed by atoms with Crippen LogP contribution in [0.3, 0.4) is 0 Å². The zero-order valence-corrected chi connectivity index (χ0v) is 12.2. The summed E-state index contributed by atoms with van der Waals surface area (Å²) in [7, 11) is -5.22. The molecular weight excluding hydrogens is 281 g/mol. The average Bonchev–Trinajstić information content (AvgIpc) is 2.24. The molecule has 0 aromatic rings. The summed E-state index contributed by atoms with van der Waals surface area (Å²) in [6, 6.07) is 0. The van der Waals surface area contributed by atoms with Gasteiger partial charge < -0.3 is 0 Å². The molecule has 8 heteroatoms. The Balaban J connectivity index is 2.55. The van der Waals surface area contributed by atoms with E-state index < -0.39 is 15.5 Å². The van der Waals surface area contributed by atoms with Crippen LogP contribution < -0.4 is 4.72 Å². The predicted octanol–water partition coefficient (Wildman–Crippen LogP) is 1.94. The van der Waals surface area contributed by atoms with Gasteiger partial charge in [0.25, 0.3) is 0 Å². The smallest absolute Gasteiger partial charge is 0.298 e. The number of piperidine rings is 1. The first-order chi connectivity index (χ1) is 8.43. The largest absolute Gasteiger partial charge is 0.511 e. The Morgan fingerprint density at radius 3 is 2.32 bits per heavy atom. The van der Waals surface area contributed by atoms with Gasteiger partial charge in [-0.25, -0.2) is 13.1 Å². The molecule has 1 atom stereocenters. The Labute approximate surface area is 112 Å². The number of likely N-dealkylation sites (tertiary alicyclic amines) is 1. The lowest BCUT2D eigenvalue weighted by Crippen LogP contribution is -2.50. The highest BCUT2D eigenvalue weighted by Crippen LogP contribution is 2.25. The molecule has 0 spiro atoms. The minimum atomic E-state index is -5.23. The van der Waals surface area contributed by atoms with Crippen molar-refractivity contribution in [1.82, 2.24) is 9.62 Å². The Kier molecular flexibility index (Phi) is 4.90. The third-order valence-electron chi connectivity index (χ3n) is 3.33. The lowest BCUT2D eigenvalue weighted by molar-refractivity contribution is -0.0449. The molecule has 4 nitrogen and oxygen atoms in total. The van der Waals surface area contributed by atoms with Crippen molar-refractivity contribution in [1.29, 1.82) is 0 Å². The quantitative estimate of drug-likeness (QED) is 0.867. The van der Waals surface area contributed by atoms with Gasteiger partial charge in [0.1, 0.15) is 0 Å². The lowest BCUT2D eigenvalue weighted by atomic mass is 9.94. The number of alkyl halides is 3. The highest BCUT2D eigenvalue weighted by Gasteiger charge is 2.45. The SMILES string of the molecule is CC(C)(C)N1CCCC(CNS(=O)(=O)C(F)(F)F)C1. The van der Waals surface area contributed by atoms with Gasteiger partial charge in [0.05, 0.1) is 0 Å². The van der Waals surface area contributed by atoms with Gasteiger partial charge in [-0.15, -0.1) is 0 Å². The molecule has 0 aromatic carbocycles. The third-order valence-corrected chi connectivity index (χ3v) is 4.49. The van der Waals surface area contributed by atoms with E-state index in [1.165, 1.54) is 0 Å². The van der Waals surface area contributed by atoms with E-state index in [2.05, 4.69) is 4.90 Å². The Hall–Kier alpha value is -0.340. The van der Waals surface area contributed by atoms with Gasteiger partial charge in [0.15, 0.2) is 0 Å². The fraction of sp³-hybridized carbons (Fsp3) is 1.00. The molecule has 1 heterocycles. The van der Waals surface area contributed by atoms with Gasteiger partial charge in [-0.05, 0) is 46.1 Å². The van der Waals surface area contributed by atoms with E-state index in [-0.39, 0.29) is 18.0 Å². The third kappa shape index (κ3) is 4.61. The van der Waals surface area contributed by atoms with Crippen molar-refractivity contribution in [3.63, 3.8) is 0 Å². The highest BCUT2D eigenvalue weighted by atomic mass is 32.2. The number of hydrogen-bond acceptors (Lipinski definition) is 3. The van der Waals surface area contributed by atoms with Gasteiger partial charge in [-0.3, -0.25) is 4.90 Å². The molecule has 19 heavy (non-hydrogen) atoms. The number of halogens is 3. The van der Waals surface area contributed by atoms with Gasteiger partial charge in [0.2, 0.25) is 0 Å². The molecule has 1 rings (SSSR count). The van der Waals surface area contributed by atoms with Crippen molar-refractivity contribution in [3.8, 4) is 0 Å². The van der Waals surface area contributed by atoms with Crippen molar-refractivity contribution in [3.05, 3.63) is 0 Å². The molecule has 1 N–H and O–H groups in total. The maximum Gasteiger partial charge on any atom is 0.511 e. The number of sulfonamides is 1. The summed E-state index contributed by atoms with van der Waals surface area (Å²) in [5.41, 5.74) is -5.28. The van der Waals surface area contributed by atoms with Crippen LogP contribution in [0.15, 0.2) is 0 Å². The standard InChI is InChI=1S/C11H21F3N2O2S/c1-10(2,3)16-6-4-5-9(8-16)7-15-19(17,18)11(12,13)14/h9,15H,4-8H2,1-3H3. The molecule has 114 valence electrons. The van der Waals surface area contributed by atoms with Crippen LogP contribution in [-0.4, -0.2) is 44.0 Å². The van der Waals surface area contributed by atoms with Crippen molar-refractivity contribution in [2.45, 2.75) is 44.7 Å². The second-order valence-corrected chi connectivity index (χ2v) is 7.68. The molecule has 1 fully saturated rings. The molecule has 0 saturated carbocycles. The van der Waals surface area contributed by atoms with E-state index in [1.54, 1.807) is 4.72 Å². The average molecular weight is 302 g/mol. The zero-order valence-electron chi connectivity index (χ0n) is 11.4. The summed E-state index contributed by atoms with van der Waals surface area (Å²) in [5, 5.41) is 0. The number of nitrogens with zero attached hydrogens (tertiary/aromatic N) is 1. The molecule has 0 bridgehead atoms. The minimum absolute atomic E-state index is 0.0540. The van der Waals surface area contributed by atoms with Crippen molar-refractivity contribution >= 4 is 10.0 Å². The first-order valence-corrected chi connectivity index (χ1v) is 7.73. The molecule has 0 aromatic heterocycles. The lowest BCUT2D eigenvalue weighted by Gasteiger charge is -2.41. The van der Waals surface area contributed by atoms with E-state index in [1.807, 2.05) is 20.8 Å².